The fourth-order valence-electron chi connectivity index (χ4n) is 2.72. The number of nitrogens with zero attached hydrogens (tertiary/aromatic N) is 1. The van der Waals surface area contributed by atoms with Crippen molar-refractivity contribution in [2.24, 2.45) is 0 Å². The van der Waals surface area contributed by atoms with Crippen LogP contribution in [0.25, 0.3) is 22.6 Å². The predicted molar refractivity (Wildman–Crippen MR) is 110 cm³/mol. The van der Waals surface area contributed by atoms with E-state index in [4.69, 9.17) is 20.8 Å². The average Bonchev–Trinajstić information content (AvgIpc) is 3.14. The molecule has 4 aromatic rings. The maximum absolute atomic E-state index is 12.4. The highest BCUT2D eigenvalue weighted by molar-refractivity contribution is 6.30. The van der Waals surface area contributed by atoms with Crippen molar-refractivity contribution in [3.63, 3.8) is 0 Å². The van der Waals surface area contributed by atoms with Gasteiger partial charge in [0.05, 0.1) is 0 Å². The maximum Gasteiger partial charge on any atom is 0.265 e. The van der Waals surface area contributed by atoms with E-state index in [0.29, 0.717) is 33.4 Å². The van der Waals surface area contributed by atoms with E-state index in [0.717, 1.165) is 5.56 Å². The quantitative estimate of drug-likeness (QED) is 0.483. The standard InChI is InChI=1S/C22H17ClN2O3/c1-14(27-18-10-7-16(23)8-11-18)21(26)24-17-9-12-20-19(13-17)25-22(28-20)15-5-3-2-4-6-15/h2-14H,1H3,(H,24,26). The molecule has 0 aliphatic rings. The van der Waals surface area contributed by atoms with Gasteiger partial charge in [-0.25, -0.2) is 4.98 Å². The average molecular weight is 393 g/mol. The lowest BCUT2D eigenvalue weighted by molar-refractivity contribution is -0.122. The van der Waals surface area contributed by atoms with E-state index in [2.05, 4.69) is 10.3 Å². The molecule has 1 aromatic heterocycles. The number of hydrogen-bond acceptors (Lipinski definition) is 4. The summed E-state index contributed by atoms with van der Waals surface area (Å²) in [6.07, 6.45) is -0.672. The number of anilines is 1. The Morgan fingerprint density at radius 2 is 1.82 bits per heavy atom. The van der Waals surface area contributed by atoms with Crippen molar-refractivity contribution < 1.29 is 13.9 Å². The molecule has 4 rings (SSSR count). The number of carbonyl (C=O) groups is 1. The van der Waals surface area contributed by atoms with Gasteiger partial charge in [-0.05, 0) is 61.5 Å². The summed E-state index contributed by atoms with van der Waals surface area (Å²) in [5.74, 6) is 0.853. The number of oxazole rings is 1. The molecule has 5 nitrogen and oxygen atoms in total. The number of halogens is 1. The fourth-order valence-corrected chi connectivity index (χ4v) is 2.85. The molecule has 0 radical (unpaired) electrons. The Balaban J connectivity index is 1.48. The zero-order chi connectivity index (χ0) is 19.5. The van der Waals surface area contributed by atoms with Gasteiger partial charge < -0.3 is 14.5 Å². The Morgan fingerprint density at radius 3 is 2.57 bits per heavy atom. The molecule has 1 atom stereocenters. The maximum atomic E-state index is 12.4. The van der Waals surface area contributed by atoms with Crippen molar-refractivity contribution in [1.82, 2.24) is 4.98 Å². The lowest BCUT2D eigenvalue weighted by Crippen LogP contribution is -2.30. The van der Waals surface area contributed by atoms with Gasteiger partial charge >= 0.3 is 0 Å². The van der Waals surface area contributed by atoms with Crippen molar-refractivity contribution in [1.29, 1.82) is 0 Å². The topological polar surface area (TPSA) is 64.4 Å². The number of amides is 1. The summed E-state index contributed by atoms with van der Waals surface area (Å²) in [5, 5.41) is 3.45. The lowest BCUT2D eigenvalue weighted by Gasteiger charge is -2.14. The van der Waals surface area contributed by atoms with Crippen molar-refractivity contribution in [2.75, 3.05) is 5.32 Å². The molecule has 0 bridgehead atoms. The summed E-state index contributed by atoms with van der Waals surface area (Å²) in [7, 11) is 0. The minimum absolute atomic E-state index is 0.263. The van der Waals surface area contributed by atoms with Crippen LogP contribution in [0, 0.1) is 0 Å². The van der Waals surface area contributed by atoms with E-state index in [-0.39, 0.29) is 5.91 Å². The van der Waals surface area contributed by atoms with Crippen molar-refractivity contribution in [2.45, 2.75) is 13.0 Å². The number of hydrogen-bond donors (Lipinski definition) is 1. The third-order valence-corrected chi connectivity index (χ3v) is 4.42. The molecule has 140 valence electrons. The third-order valence-electron chi connectivity index (χ3n) is 4.17. The van der Waals surface area contributed by atoms with E-state index in [1.165, 1.54) is 0 Å². The Labute approximate surface area is 166 Å². The number of carbonyl (C=O) groups excluding carboxylic acids is 1. The molecule has 0 aliphatic heterocycles. The second kappa shape index (κ2) is 7.74. The van der Waals surface area contributed by atoms with Crippen LogP contribution in [0.2, 0.25) is 5.02 Å². The van der Waals surface area contributed by atoms with Gasteiger partial charge in [0, 0.05) is 16.3 Å². The summed E-state index contributed by atoms with van der Waals surface area (Å²) in [6, 6.07) is 21.9. The highest BCUT2D eigenvalue weighted by Gasteiger charge is 2.16. The first-order chi connectivity index (χ1) is 13.6. The number of aromatic nitrogens is 1. The van der Waals surface area contributed by atoms with Gasteiger partial charge in [-0.2, -0.15) is 0 Å². The van der Waals surface area contributed by atoms with E-state index >= 15 is 0 Å². The van der Waals surface area contributed by atoms with E-state index in [1.54, 1.807) is 49.4 Å². The third kappa shape index (κ3) is 4.00. The number of fused-ring (bicyclic) bond motifs is 1. The molecule has 0 spiro atoms. The van der Waals surface area contributed by atoms with Gasteiger partial charge in [0.1, 0.15) is 11.3 Å². The molecular formula is C22H17ClN2O3. The summed E-state index contributed by atoms with van der Waals surface area (Å²) in [4.78, 5) is 17.0. The first-order valence-electron chi connectivity index (χ1n) is 8.77. The molecule has 0 fully saturated rings. The summed E-state index contributed by atoms with van der Waals surface area (Å²) in [6.45, 7) is 1.69. The summed E-state index contributed by atoms with van der Waals surface area (Å²) < 4.78 is 11.4. The minimum Gasteiger partial charge on any atom is -0.481 e. The van der Waals surface area contributed by atoms with E-state index < -0.39 is 6.10 Å². The zero-order valence-corrected chi connectivity index (χ0v) is 15.8. The van der Waals surface area contributed by atoms with Crippen LogP contribution in [0.5, 0.6) is 5.75 Å². The van der Waals surface area contributed by atoms with Crippen LogP contribution in [0.3, 0.4) is 0 Å². The van der Waals surface area contributed by atoms with E-state index in [1.807, 2.05) is 30.3 Å². The van der Waals surface area contributed by atoms with Crippen LogP contribution in [0.4, 0.5) is 5.69 Å². The fraction of sp³-hybridized carbons (Fsp3) is 0.0909. The zero-order valence-electron chi connectivity index (χ0n) is 15.1. The highest BCUT2D eigenvalue weighted by Crippen LogP contribution is 2.26. The van der Waals surface area contributed by atoms with Gasteiger partial charge in [-0.1, -0.05) is 29.8 Å². The molecule has 1 N–H and O–H groups in total. The first-order valence-corrected chi connectivity index (χ1v) is 9.15. The Bertz CT molecular complexity index is 1110. The molecule has 1 unspecified atom stereocenters. The molecule has 1 heterocycles. The highest BCUT2D eigenvalue weighted by atomic mass is 35.5. The number of rotatable bonds is 5. The Hall–Kier alpha value is -3.31. The van der Waals surface area contributed by atoms with Crippen LogP contribution in [-0.4, -0.2) is 17.0 Å². The number of ether oxygens (including phenoxy) is 1. The molecule has 3 aromatic carbocycles. The molecular weight excluding hydrogens is 376 g/mol. The molecule has 28 heavy (non-hydrogen) atoms. The molecule has 0 aliphatic carbocycles. The van der Waals surface area contributed by atoms with Crippen LogP contribution in [-0.2, 0) is 4.79 Å². The van der Waals surface area contributed by atoms with Crippen molar-refractivity contribution >= 4 is 34.3 Å². The number of benzene rings is 3. The molecule has 0 saturated heterocycles. The van der Waals surface area contributed by atoms with Gasteiger partial charge in [-0.3, -0.25) is 4.79 Å². The molecule has 6 heteroatoms. The monoisotopic (exact) mass is 392 g/mol. The van der Waals surface area contributed by atoms with Gasteiger partial charge in [0.2, 0.25) is 5.89 Å². The smallest absolute Gasteiger partial charge is 0.265 e. The second-order valence-electron chi connectivity index (χ2n) is 6.27. The van der Waals surface area contributed by atoms with Crippen molar-refractivity contribution in [3.05, 3.63) is 77.8 Å². The van der Waals surface area contributed by atoms with Crippen molar-refractivity contribution in [3.8, 4) is 17.2 Å². The first kappa shape index (κ1) is 18.1. The Morgan fingerprint density at radius 1 is 1.07 bits per heavy atom. The van der Waals surface area contributed by atoms with Gasteiger partial charge in [-0.15, -0.1) is 0 Å². The van der Waals surface area contributed by atoms with Gasteiger partial charge in [0.15, 0.2) is 11.7 Å². The Kier molecular flexibility index (Phi) is 5.00. The van der Waals surface area contributed by atoms with E-state index in [9.17, 15) is 4.79 Å². The van der Waals surface area contributed by atoms with Crippen LogP contribution < -0.4 is 10.1 Å². The van der Waals surface area contributed by atoms with Crippen LogP contribution in [0.15, 0.2) is 77.2 Å². The van der Waals surface area contributed by atoms with Crippen LogP contribution >= 0.6 is 11.6 Å². The normalized spacial score (nSPS) is 11.9. The molecule has 0 saturated carbocycles. The lowest BCUT2D eigenvalue weighted by atomic mass is 10.2. The largest absolute Gasteiger partial charge is 0.481 e. The minimum atomic E-state index is -0.672. The van der Waals surface area contributed by atoms with Gasteiger partial charge in [0.25, 0.3) is 5.91 Å². The molecule has 1 amide bonds. The predicted octanol–water partition coefficient (Wildman–Crippen LogP) is 5.55. The second-order valence-corrected chi connectivity index (χ2v) is 6.71. The SMILES string of the molecule is CC(Oc1ccc(Cl)cc1)C(=O)Nc1ccc2oc(-c3ccccc3)nc2c1. The summed E-state index contributed by atoms with van der Waals surface area (Å²) in [5.41, 5.74) is 2.84. The summed E-state index contributed by atoms with van der Waals surface area (Å²) >= 11 is 5.86. The number of nitrogens with one attached hydrogen (secondary N) is 1. The van der Waals surface area contributed by atoms with Crippen LogP contribution in [0.1, 0.15) is 6.92 Å².